The molecular formula is C14H16N4OS. The van der Waals surface area contributed by atoms with Gasteiger partial charge in [0, 0.05) is 17.5 Å². The number of hydrogen-bond acceptors (Lipinski definition) is 4. The number of hydrogen-bond donors (Lipinski definition) is 3. The molecule has 1 unspecified atom stereocenters. The van der Waals surface area contributed by atoms with E-state index >= 15 is 0 Å². The summed E-state index contributed by atoms with van der Waals surface area (Å²) in [4.78, 5) is 18.3. The van der Waals surface area contributed by atoms with Crippen LogP contribution < -0.4 is 11.3 Å². The summed E-state index contributed by atoms with van der Waals surface area (Å²) < 4.78 is 0. The van der Waals surface area contributed by atoms with E-state index in [4.69, 9.17) is 11.1 Å². The van der Waals surface area contributed by atoms with Gasteiger partial charge < -0.3 is 10.7 Å². The molecule has 0 aliphatic rings. The minimum absolute atomic E-state index is 0.110. The molecule has 1 aromatic carbocycles. The number of nitrogens with two attached hydrogens (primary N) is 1. The molecule has 0 aliphatic carbocycles. The second-order valence-electron chi connectivity index (χ2n) is 4.42. The summed E-state index contributed by atoms with van der Waals surface area (Å²) in [5.74, 6) is 0.483. The number of nitrogens with zero attached hydrogens (tertiary/aromatic N) is 1. The van der Waals surface area contributed by atoms with Crippen LogP contribution in [0.15, 0.2) is 46.3 Å². The zero-order chi connectivity index (χ0) is 14.5. The summed E-state index contributed by atoms with van der Waals surface area (Å²) in [6.45, 7) is 1.78. The molecule has 0 fully saturated rings. The van der Waals surface area contributed by atoms with Crippen molar-refractivity contribution in [2.45, 2.75) is 18.0 Å². The predicted molar refractivity (Wildman–Crippen MR) is 81.4 cm³/mol. The van der Waals surface area contributed by atoms with Crippen LogP contribution >= 0.6 is 11.8 Å². The molecule has 0 saturated heterocycles. The van der Waals surface area contributed by atoms with Gasteiger partial charge >= 0.3 is 0 Å². The summed E-state index contributed by atoms with van der Waals surface area (Å²) in [7, 11) is 0. The van der Waals surface area contributed by atoms with Crippen molar-refractivity contribution in [3.63, 3.8) is 0 Å². The highest BCUT2D eigenvalue weighted by Gasteiger charge is 2.15. The second kappa shape index (κ2) is 6.38. The average Bonchev–Trinajstić information content (AvgIpc) is 2.38. The lowest BCUT2D eigenvalue weighted by atomic mass is 10.0. The summed E-state index contributed by atoms with van der Waals surface area (Å²) in [5.41, 5.74) is 7.17. The Morgan fingerprint density at radius 2 is 2.15 bits per heavy atom. The van der Waals surface area contributed by atoms with Gasteiger partial charge in [-0.2, -0.15) is 0 Å². The normalized spacial score (nSPS) is 12.1. The first-order valence-electron chi connectivity index (χ1n) is 6.16. The van der Waals surface area contributed by atoms with E-state index in [9.17, 15) is 4.79 Å². The molecule has 0 aliphatic heterocycles. The summed E-state index contributed by atoms with van der Waals surface area (Å²) in [5, 5.41) is 8.26. The smallest absolute Gasteiger partial charge is 0.251 e. The summed E-state index contributed by atoms with van der Waals surface area (Å²) in [6.07, 6.45) is 0. The van der Waals surface area contributed by atoms with Gasteiger partial charge in [-0.15, -0.1) is 0 Å². The Labute approximate surface area is 121 Å². The average molecular weight is 288 g/mol. The molecular weight excluding hydrogens is 272 g/mol. The zero-order valence-electron chi connectivity index (χ0n) is 11.1. The fourth-order valence-electron chi connectivity index (χ4n) is 1.83. The molecule has 0 amide bonds. The van der Waals surface area contributed by atoms with Crippen LogP contribution in [-0.4, -0.2) is 21.6 Å². The SMILES string of the molecule is Cc1cc(=O)[nH]c(SCC(C(=N)N)c2ccccc2)n1. The number of aromatic nitrogens is 2. The van der Waals surface area contributed by atoms with Crippen LogP contribution in [0, 0.1) is 12.3 Å². The topological polar surface area (TPSA) is 95.6 Å². The van der Waals surface area contributed by atoms with Crippen LogP contribution in [0.1, 0.15) is 17.2 Å². The van der Waals surface area contributed by atoms with Crippen LogP contribution in [0.5, 0.6) is 0 Å². The summed E-state index contributed by atoms with van der Waals surface area (Å²) in [6, 6.07) is 11.1. The maximum Gasteiger partial charge on any atom is 0.251 e. The third kappa shape index (κ3) is 3.71. The van der Waals surface area contributed by atoms with E-state index in [1.165, 1.54) is 17.8 Å². The quantitative estimate of drug-likeness (QED) is 0.339. The molecule has 2 rings (SSSR count). The van der Waals surface area contributed by atoms with Gasteiger partial charge in [-0.25, -0.2) is 4.98 Å². The first-order valence-corrected chi connectivity index (χ1v) is 7.14. The third-order valence-corrected chi connectivity index (χ3v) is 3.78. The number of aromatic amines is 1. The highest BCUT2D eigenvalue weighted by atomic mass is 32.2. The van der Waals surface area contributed by atoms with Gasteiger partial charge in [-0.1, -0.05) is 42.1 Å². The molecule has 6 heteroatoms. The molecule has 20 heavy (non-hydrogen) atoms. The van der Waals surface area contributed by atoms with Gasteiger partial charge in [0.15, 0.2) is 5.16 Å². The zero-order valence-corrected chi connectivity index (χ0v) is 11.9. The number of benzene rings is 1. The molecule has 1 atom stereocenters. The van der Waals surface area contributed by atoms with E-state index in [0.29, 0.717) is 16.6 Å². The monoisotopic (exact) mass is 288 g/mol. The Morgan fingerprint density at radius 3 is 2.75 bits per heavy atom. The Balaban J connectivity index is 2.14. The van der Waals surface area contributed by atoms with Crippen molar-refractivity contribution in [3.05, 3.63) is 58.0 Å². The lowest BCUT2D eigenvalue weighted by Crippen LogP contribution is -2.22. The molecule has 5 nitrogen and oxygen atoms in total. The Kier molecular flexibility index (Phi) is 4.57. The second-order valence-corrected chi connectivity index (χ2v) is 5.43. The fraction of sp³-hybridized carbons (Fsp3) is 0.214. The van der Waals surface area contributed by atoms with Gasteiger partial charge in [0.25, 0.3) is 5.56 Å². The van der Waals surface area contributed by atoms with Crippen molar-refractivity contribution >= 4 is 17.6 Å². The van der Waals surface area contributed by atoms with E-state index in [1.54, 1.807) is 6.92 Å². The van der Waals surface area contributed by atoms with Crippen molar-refractivity contribution in [1.82, 2.24) is 9.97 Å². The first-order chi connectivity index (χ1) is 9.56. The van der Waals surface area contributed by atoms with Gasteiger partial charge in [0.05, 0.1) is 11.8 Å². The van der Waals surface area contributed by atoms with E-state index in [-0.39, 0.29) is 17.3 Å². The molecule has 0 saturated carbocycles. The van der Waals surface area contributed by atoms with E-state index in [0.717, 1.165) is 5.56 Å². The van der Waals surface area contributed by atoms with Crippen molar-refractivity contribution in [2.75, 3.05) is 5.75 Å². The Morgan fingerprint density at radius 1 is 1.45 bits per heavy atom. The van der Waals surface area contributed by atoms with Crippen LogP contribution in [0.2, 0.25) is 0 Å². The molecule has 0 spiro atoms. The van der Waals surface area contributed by atoms with Gasteiger partial charge in [0.1, 0.15) is 0 Å². The number of rotatable bonds is 5. The number of aryl methyl sites for hydroxylation is 1. The highest BCUT2D eigenvalue weighted by Crippen LogP contribution is 2.23. The molecule has 2 aromatic rings. The molecule has 1 aromatic heterocycles. The van der Waals surface area contributed by atoms with Gasteiger partial charge in [-0.3, -0.25) is 10.2 Å². The third-order valence-electron chi connectivity index (χ3n) is 2.81. The summed E-state index contributed by atoms with van der Waals surface area (Å²) >= 11 is 1.39. The molecule has 0 bridgehead atoms. The first kappa shape index (κ1) is 14.3. The van der Waals surface area contributed by atoms with E-state index in [2.05, 4.69) is 9.97 Å². The Hall–Kier alpha value is -2.08. The van der Waals surface area contributed by atoms with E-state index < -0.39 is 0 Å². The molecule has 4 N–H and O–H groups in total. The van der Waals surface area contributed by atoms with Gasteiger partial charge in [0.2, 0.25) is 0 Å². The van der Waals surface area contributed by atoms with Crippen molar-refractivity contribution in [3.8, 4) is 0 Å². The van der Waals surface area contributed by atoms with E-state index in [1.807, 2.05) is 30.3 Å². The fourth-order valence-corrected chi connectivity index (χ4v) is 2.91. The van der Waals surface area contributed by atoms with Gasteiger partial charge in [-0.05, 0) is 12.5 Å². The molecule has 0 radical (unpaired) electrons. The maximum absolute atomic E-state index is 11.4. The maximum atomic E-state index is 11.4. The number of nitrogens with one attached hydrogen (secondary N) is 2. The minimum atomic E-state index is -0.188. The highest BCUT2D eigenvalue weighted by molar-refractivity contribution is 7.99. The van der Waals surface area contributed by atoms with Crippen LogP contribution in [0.25, 0.3) is 0 Å². The number of amidine groups is 1. The number of H-pyrrole nitrogens is 1. The van der Waals surface area contributed by atoms with Crippen molar-refractivity contribution in [1.29, 1.82) is 5.41 Å². The Bertz CT molecular complexity index is 654. The van der Waals surface area contributed by atoms with Crippen molar-refractivity contribution in [2.24, 2.45) is 5.73 Å². The lowest BCUT2D eigenvalue weighted by Gasteiger charge is -2.15. The van der Waals surface area contributed by atoms with Crippen LogP contribution in [0.4, 0.5) is 0 Å². The largest absolute Gasteiger partial charge is 0.387 e. The van der Waals surface area contributed by atoms with Crippen LogP contribution in [-0.2, 0) is 0 Å². The minimum Gasteiger partial charge on any atom is -0.387 e. The predicted octanol–water partition coefficient (Wildman–Crippen LogP) is 1.89. The standard InChI is InChI=1S/C14H16N4OS/c1-9-7-12(19)18-14(17-9)20-8-11(13(15)16)10-5-3-2-4-6-10/h2-7,11H,8H2,1H3,(H3,15,16)(H,17,18,19). The van der Waals surface area contributed by atoms with Crippen molar-refractivity contribution < 1.29 is 0 Å². The molecule has 1 heterocycles. The number of thioether (sulfide) groups is 1. The molecule has 104 valence electrons. The van der Waals surface area contributed by atoms with Crippen LogP contribution in [0.3, 0.4) is 0 Å². The lowest BCUT2D eigenvalue weighted by molar-refractivity contribution is 0.899.